The smallest absolute Gasteiger partial charge is 0.0688 e. The number of halogens is 1. The van der Waals surface area contributed by atoms with Crippen LogP contribution in [0.15, 0.2) is 24.3 Å². The average Bonchev–Trinajstić information content (AvgIpc) is 2.86. The van der Waals surface area contributed by atoms with Crippen LogP contribution in [0, 0.1) is 5.41 Å². The van der Waals surface area contributed by atoms with Gasteiger partial charge in [-0.1, -0.05) is 36.6 Å². The fraction of sp³-hybridized carbons (Fsp3) is 0.647. The van der Waals surface area contributed by atoms with E-state index in [1.807, 2.05) is 24.3 Å². The van der Waals surface area contributed by atoms with E-state index in [4.69, 9.17) is 11.6 Å². The van der Waals surface area contributed by atoms with Gasteiger partial charge in [0.05, 0.1) is 5.60 Å². The van der Waals surface area contributed by atoms with Crippen LogP contribution in [0.2, 0.25) is 5.02 Å². The SMILES string of the molecule is OC1(Cc2ccc(Cl)cc2)CCC2(CCCC2)CC1. The Morgan fingerprint density at radius 2 is 1.47 bits per heavy atom. The largest absolute Gasteiger partial charge is 0.390 e. The van der Waals surface area contributed by atoms with Crippen LogP contribution in [0.4, 0.5) is 0 Å². The Kier molecular flexibility index (Phi) is 3.61. The Morgan fingerprint density at radius 1 is 0.895 bits per heavy atom. The van der Waals surface area contributed by atoms with E-state index in [0.29, 0.717) is 5.41 Å². The highest BCUT2D eigenvalue weighted by Gasteiger charge is 2.42. The van der Waals surface area contributed by atoms with Gasteiger partial charge < -0.3 is 5.11 Å². The second kappa shape index (κ2) is 5.10. The zero-order valence-electron chi connectivity index (χ0n) is 11.5. The van der Waals surface area contributed by atoms with Crippen molar-refractivity contribution in [2.45, 2.75) is 63.4 Å². The monoisotopic (exact) mass is 278 g/mol. The molecule has 0 aromatic heterocycles. The molecule has 2 aliphatic carbocycles. The molecule has 104 valence electrons. The predicted molar refractivity (Wildman–Crippen MR) is 79.5 cm³/mol. The van der Waals surface area contributed by atoms with Gasteiger partial charge in [-0.3, -0.25) is 0 Å². The summed E-state index contributed by atoms with van der Waals surface area (Å²) >= 11 is 5.91. The van der Waals surface area contributed by atoms with E-state index in [0.717, 1.165) is 24.3 Å². The molecular formula is C17H23ClO. The summed E-state index contributed by atoms with van der Waals surface area (Å²) in [6, 6.07) is 7.92. The van der Waals surface area contributed by atoms with E-state index in [1.54, 1.807) is 0 Å². The van der Waals surface area contributed by atoms with Crippen molar-refractivity contribution in [3.8, 4) is 0 Å². The van der Waals surface area contributed by atoms with Crippen LogP contribution in [0.3, 0.4) is 0 Å². The molecule has 0 unspecified atom stereocenters. The lowest BCUT2D eigenvalue weighted by Gasteiger charge is -2.42. The van der Waals surface area contributed by atoms with Crippen molar-refractivity contribution in [3.05, 3.63) is 34.9 Å². The van der Waals surface area contributed by atoms with Crippen LogP contribution in [0.25, 0.3) is 0 Å². The summed E-state index contributed by atoms with van der Waals surface area (Å²) in [5.74, 6) is 0. The summed E-state index contributed by atoms with van der Waals surface area (Å²) in [5, 5.41) is 11.6. The first-order chi connectivity index (χ1) is 9.09. The summed E-state index contributed by atoms with van der Waals surface area (Å²) in [5.41, 5.74) is 1.31. The lowest BCUT2D eigenvalue weighted by atomic mass is 9.66. The minimum absolute atomic E-state index is 0.484. The van der Waals surface area contributed by atoms with Crippen molar-refractivity contribution in [2.75, 3.05) is 0 Å². The molecule has 1 aromatic rings. The van der Waals surface area contributed by atoms with Crippen LogP contribution in [-0.2, 0) is 6.42 Å². The number of benzene rings is 1. The van der Waals surface area contributed by atoms with Gasteiger partial charge in [0.25, 0.3) is 0 Å². The normalized spacial score (nSPS) is 24.7. The van der Waals surface area contributed by atoms with E-state index in [2.05, 4.69) is 0 Å². The first-order valence-corrected chi connectivity index (χ1v) is 7.94. The molecular weight excluding hydrogens is 256 g/mol. The van der Waals surface area contributed by atoms with Crippen molar-refractivity contribution in [1.82, 2.24) is 0 Å². The molecule has 1 spiro atoms. The van der Waals surface area contributed by atoms with Crippen molar-refractivity contribution in [2.24, 2.45) is 5.41 Å². The third-order valence-electron chi connectivity index (χ3n) is 5.35. The third-order valence-corrected chi connectivity index (χ3v) is 5.60. The fourth-order valence-corrected chi connectivity index (χ4v) is 4.16. The summed E-state index contributed by atoms with van der Waals surface area (Å²) in [6.45, 7) is 0. The Hall–Kier alpha value is -0.530. The molecule has 0 heterocycles. The molecule has 2 aliphatic rings. The standard InChI is InChI=1S/C17H23ClO/c18-15-5-3-14(4-6-15)13-17(19)11-9-16(10-12-17)7-1-2-8-16/h3-6,19H,1-2,7-13H2. The van der Waals surface area contributed by atoms with Gasteiger partial charge in [0.15, 0.2) is 0 Å². The summed E-state index contributed by atoms with van der Waals surface area (Å²) in [4.78, 5) is 0. The second-order valence-corrected chi connectivity index (χ2v) is 7.17. The molecule has 0 bridgehead atoms. The number of hydrogen-bond acceptors (Lipinski definition) is 1. The van der Waals surface area contributed by atoms with Gasteiger partial charge in [-0.2, -0.15) is 0 Å². The van der Waals surface area contributed by atoms with Crippen LogP contribution >= 0.6 is 11.6 Å². The fourth-order valence-electron chi connectivity index (χ4n) is 4.03. The van der Waals surface area contributed by atoms with Crippen LogP contribution in [-0.4, -0.2) is 10.7 Å². The van der Waals surface area contributed by atoms with Crippen LogP contribution in [0.5, 0.6) is 0 Å². The summed E-state index contributed by atoms with van der Waals surface area (Å²) in [7, 11) is 0. The maximum Gasteiger partial charge on any atom is 0.0688 e. The van der Waals surface area contributed by atoms with Crippen molar-refractivity contribution in [3.63, 3.8) is 0 Å². The number of rotatable bonds is 2. The van der Waals surface area contributed by atoms with E-state index in [1.165, 1.54) is 44.1 Å². The molecule has 0 saturated heterocycles. The van der Waals surface area contributed by atoms with Gasteiger partial charge in [0.1, 0.15) is 0 Å². The van der Waals surface area contributed by atoms with Crippen molar-refractivity contribution >= 4 is 11.6 Å². The predicted octanol–water partition coefficient (Wildman–Crippen LogP) is 4.75. The van der Waals surface area contributed by atoms with Gasteiger partial charge in [-0.25, -0.2) is 0 Å². The molecule has 1 aromatic carbocycles. The van der Waals surface area contributed by atoms with Gasteiger partial charge >= 0.3 is 0 Å². The molecule has 1 N–H and O–H groups in total. The molecule has 3 rings (SSSR count). The van der Waals surface area contributed by atoms with Crippen molar-refractivity contribution in [1.29, 1.82) is 0 Å². The topological polar surface area (TPSA) is 20.2 Å². The quantitative estimate of drug-likeness (QED) is 0.828. The molecule has 2 fully saturated rings. The molecule has 2 saturated carbocycles. The second-order valence-electron chi connectivity index (χ2n) is 6.73. The van der Waals surface area contributed by atoms with E-state index in [-0.39, 0.29) is 0 Å². The summed E-state index contributed by atoms with van der Waals surface area (Å²) < 4.78 is 0. The number of hydrogen-bond donors (Lipinski definition) is 1. The Morgan fingerprint density at radius 3 is 2.05 bits per heavy atom. The maximum atomic E-state index is 10.8. The molecule has 2 heteroatoms. The first kappa shape index (κ1) is 13.5. The summed E-state index contributed by atoms with van der Waals surface area (Å²) in [6.07, 6.45) is 10.7. The van der Waals surface area contributed by atoms with Crippen LogP contribution in [0.1, 0.15) is 56.9 Å². The van der Waals surface area contributed by atoms with E-state index >= 15 is 0 Å². The van der Waals surface area contributed by atoms with Gasteiger partial charge in [-0.05, 0) is 61.6 Å². The maximum absolute atomic E-state index is 10.8. The minimum Gasteiger partial charge on any atom is -0.390 e. The Labute approximate surface area is 121 Å². The zero-order valence-corrected chi connectivity index (χ0v) is 12.3. The highest BCUT2D eigenvalue weighted by molar-refractivity contribution is 6.30. The Bertz CT molecular complexity index is 421. The minimum atomic E-state index is -0.484. The third kappa shape index (κ3) is 2.98. The lowest BCUT2D eigenvalue weighted by molar-refractivity contribution is -0.0322. The molecule has 0 radical (unpaired) electrons. The molecule has 19 heavy (non-hydrogen) atoms. The molecule has 1 nitrogen and oxygen atoms in total. The zero-order chi connectivity index (χ0) is 13.3. The highest BCUT2D eigenvalue weighted by Crippen LogP contribution is 2.51. The molecule has 0 amide bonds. The first-order valence-electron chi connectivity index (χ1n) is 7.56. The van der Waals surface area contributed by atoms with E-state index in [9.17, 15) is 5.11 Å². The Balaban J connectivity index is 1.63. The van der Waals surface area contributed by atoms with Crippen molar-refractivity contribution < 1.29 is 5.11 Å². The molecule has 0 aliphatic heterocycles. The number of aliphatic hydroxyl groups is 1. The van der Waals surface area contributed by atoms with Gasteiger partial charge in [-0.15, -0.1) is 0 Å². The average molecular weight is 279 g/mol. The molecule has 0 atom stereocenters. The van der Waals surface area contributed by atoms with Gasteiger partial charge in [0.2, 0.25) is 0 Å². The highest BCUT2D eigenvalue weighted by atomic mass is 35.5. The van der Waals surface area contributed by atoms with Crippen LogP contribution < -0.4 is 0 Å². The lowest BCUT2D eigenvalue weighted by Crippen LogP contribution is -2.39. The van der Waals surface area contributed by atoms with Gasteiger partial charge in [0, 0.05) is 11.4 Å². The van der Waals surface area contributed by atoms with E-state index < -0.39 is 5.60 Å².